The van der Waals surface area contributed by atoms with Gasteiger partial charge in [0.15, 0.2) is 18.2 Å². The molecule has 2 amide bonds. The first kappa shape index (κ1) is 44.2. The fraction of sp³-hybridized carbons (Fsp3) is 0.189. The van der Waals surface area contributed by atoms with Crippen LogP contribution in [-0.2, 0) is 31.9 Å². The molecule has 10 heterocycles. The van der Waals surface area contributed by atoms with Gasteiger partial charge in [0.25, 0.3) is 6.23 Å². The maximum absolute atomic E-state index is 13.1. The third-order valence-electron chi connectivity index (χ3n) is 12.7. The smallest absolute Gasteiger partial charge is 0.280 e. The number of nitrogens with zero attached hydrogens (tertiary/aromatic N) is 9. The van der Waals surface area contributed by atoms with Crippen LogP contribution in [0.4, 0.5) is 23.0 Å². The molecule has 8 aromatic heterocycles. The summed E-state index contributed by atoms with van der Waals surface area (Å²) in [5.74, 6) is 2.91. The Hall–Kier alpha value is -9.07. The number of benzene rings is 2. The first-order valence-corrected chi connectivity index (χ1v) is 23.6. The van der Waals surface area contributed by atoms with Gasteiger partial charge in [-0.15, -0.1) is 0 Å². The highest BCUT2D eigenvalue weighted by molar-refractivity contribution is 5.96. The molecule has 10 aromatic rings. The summed E-state index contributed by atoms with van der Waals surface area (Å²) in [5.41, 5.74) is 9.77. The van der Waals surface area contributed by atoms with Gasteiger partial charge in [-0.3, -0.25) is 14.6 Å². The standard InChI is InChI=1S/C53H45N13O6/c67-47(29-39-27-45(62-71-39)34-9-15-54-16-10-34)57-37-5-1-33(2-6-37)44-31-41-42(59-44)11-17-55-52(41)66-23-26-70-49(32-66)64-19-13-35(14-20-64)46-28-40(72-63-46)30-48(68)58-38-7-3-36(4-8-38)51-60-43-12-18-56-53(50(43)61-51)65-21-24-69-25-22-65/h1-20,27-28,31,49,63H,21-26,29-30,32H2,(H2,54,55,56,57,58,59,60,61,62,67,68)/p+1. The van der Waals surface area contributed by atoms with Crippen LogP contribution in [0.15, 0.2) is 149 Å². The Balaban J connectivity index is 0.647. The van der Waals surface area contributed by atoms with E-state index in [4.69, 9.17) is 28.5 Å². The molecule has 72 heavy (non-hydrogen) atoms. The molecule has 4 N–H and O–H groups in total. The summed E-state index contributed by atoms with van der Waals surface area (Å²) >= 11 is 0. The molecule has 2 saturated heterocycles. The normalized spacial score (nSPS) is 15.0. The summed E-state index contributed by atoms with van der Waals surface area (Å²) in [7, 11) is 0. The van der Waals surface area contributed by atoms with Gasteiger partial charge in [0.2, 0.25) is 11.8 Å². The van der Waals surface area contributed by atoms with E-state index < -0.39 is 0 Å². The van der Waals surface area contributed by atoms with Crippen LogP contribution in [0.3, 0.4) is 0 Å². The molecule has 2 aliphatic heterocycles. The Labute approximate surface area is 410 Å². The first-order valence-electron chi connectivity index (χ1n) is 23.6. The van der Waals surface area contributed by atoms with Crippen LogP contribution >= 0.6 is 0 Å². The zero-order valence-corrected chi connectivity index (χ0v) is 38.7. The number of fused-ring (bicyclic) bond motifs is 2. The number of rotatable bonds is 13. The third kappa shape index (κ3) is 9.36. The van der Waals surface area contributed by atoms with Crippen LogP contribution in [0.2, 0.25) is 0 Å². The molecule has 0 spiro atoms. The molecule has 2 aromatic carbocycles. The number of aromatic amines is 2. The second-order valence-corrected chi connectivity index (χ2v) is 17.5. The molecular weight excluding hydrogens is 915 g/mol. The quantitative estimate of drug-likeness (QED) is 0.0828. The van der Waals surface area contributed by atoms with Gasteiger partial charge in [0.05, 0.1) is 43.7 Å². The lowest BCUT2D eigenvalue weighted by Gasteiger charge is -2.31. The van der Waals surface area contributed by atoms with Crippen molar-refractivity contribution in [3.63, 3.8) is 0 Å². The molecule has 1 unspecified atom stereocenters. The van der Waals surface area contributed by atoms with E-state index in [1.807, 2.05) is 108 Å². The lowest BCUT2D eigenvalue weighted by atomic mass is 10.1. The second kappa shape index (κ2) is 19.4. The highest BCUT2D eigenvalue weighted by Gasteiger charge is 2.30. The number of pyridine rings is 4. The summed E-state index contributed by atoms with van der Waals surface area (Å²) in [6.45, 7) is 4.63. The summed E-state index contributed by atoms with van der Waals surface area (Å²) in [6, 6.07) is 32.4. The van der Waals surface area contributed by atoms with Crippen LogP contribution < -0.4 is 25.0 Å². The molecule has 0 radical (unpaired) electrons. The molecule has 0 bridgehead atoms. The number of amides is 2. The number of morpholine rings is 2. The Morgan fingerprint density at radius 3 is 1.92 bits per heavy atom. The number of ether oxygens (including phenoxy) is 2. The van der Waals surface area contributed by atoms with Crippen molar-refractivity contribution in [1.82, 2.24) is 40.2 Å². The maximum atomic E-state index is 13.1. The van der Waals surface area contributed by atoms with E-state index in [1.165, 1.54) is 0 Å². The van der Waals surface area contributed by atoms with E-state index in [0.29, 0.717) is 67.2 Å². The fourth-order valence-corrected chi connectivity index (χ4v) is 9.07. The second-order valence-electron chi connectivity index (χ2n) is 17.5. The monoisotopic (exact) mass is 960 g/mol. The van der Waals surface area contributed by atoms with Gasteiger partial charge < -0.3 is 48.9 Å². The van der Waals surface area contributed by atoms with Crippen LogP contribution in [0.1, 0.15) is 17.7 Å². The van der Waals surface area contributed by atoms with Gasteiger partial charge in [-0.1, -0.05) is 22.4 Å². The molecule has 1 atom stereocenters. The molecule has 2 aliphatic rings. The average molecular weight is 961 g/mol. The van der Waals surface area contributed by atoms with Crippen molar-refractivity contribution in [3.05, 3.63) is 152 Å². The SMILES string of the molecule is O=C(Cc1cc(-c2ccncc2)no1)Nc1ccc(-c2cc3c(N4CCOC([n+]5ccc(-c6cc(CC(=O)Nc7ccc(-c8nc9c(N%10CCOCC%10)nccc9[nH]8)cc7)on6)cc5)C4)nccc3[nH]2)cc1. The summed E-state index contributed by atoms with van der Waals surface area (Å²) in [4.78, 5) is 55.7. The lowest BCUT2D eigenvalue weighted by molar-refractivity contribution is -0.761. The largest absolute Gasteiger partial charge is 0.378 e. The van der Waals surface area contributed by atoms with Crippen LogP contribution in [-0.4, -0.2) is 98.0 Å². The number of hydrogen-bond acceptors (Lipinski definition) is 14. The van der Waals surface area contributed by atoms with E-state index >= 15 is 0 Å². The Morgan fingerprint density at radius 2 is 1.24 bits per heavy atom. The molecule has 12 rings (SSSR count). The number of hydrogen-bond donors (Lipinski definition) is 4. The van der Waals surface area contributed by atoms with Gasteiger partial charge in [0, 0.05) is 108 Å². The number of H-pyrrole nitrogens is 2. The summed E-state index contributed by atoms with van der Waals surface area (Å²) in [5, 5.41) is 15.3. The number of carbonyl (C=O) groups excluding carboxylic acids is 2. The van der Waals surface area contributed by atoms with Gasteiger partial charge in [-0.05, 0) is 72.3 Å². The predicted octanol–water partition coefficient (Wildman–Crippen LogP) is 7.40. The Kier molecular flexibility index (Phi) is 11.9. The topological polar surface area (TPSA) is 222 Å². The molecule has 358 valence electrons. The molecule has 19 heteroatoms. The zero-order chi connectivity index (χ0) is 48.4. The maximum Gasteiger partial charge on any atom is 0.280 e. The fourth-order valence-electron chi connectivity index (χ4n) is 9.07. The van der Waals surface area contributed by atoms with E-state index in [2.05, 4.69) is 56.7 Å². The van der Waals surface area contributed by atoms with Gasteiger partial charge in [0.1, 0.15) is 46.6 Å². The first-order chi connectivity index (χ1) is 35.4. The molecule has 2 fully saturated rings. The Bertz CT molecular complexity index is 3530. The third-order valence-corrected chi connectivity index (χ3v) is 12.7. The van der Waals surface area contributed by atoms with Crippen molar-refractivity contribution >= 4 is 56.8 Å². The van der Waals surface area contributed by atoms with Crippen molar-refractivity contribution in [2.24, 2.45) is 0 Å². The number of aromatic nitrogens is 9. The van der Waals surface area contributed by atoms with E-state index in [1.54, 1.807) is 30.7 Å². The Morgan fingerprint density at radius 1 is 0.625 bits per heavy atom. The van der Waals surface area contributed by atoms with Crippen molar-refractivity contribution in [2.45, 2.75) is 19.1 Å². The van der Waals surface area contributed by atoms with Crippen molar-refractivity contribution in [1.29, 1.82) is 0 Å². The minimum absolute atomic E-state index is 0.0193. The average Bonchev–Trinajstić information content (AvgIpc) is 4.27. The highest BCUT2D eigenvalue weighted by Crippen LogP contribution is 2.33. The minimum atomic E-state index is -0.270. The van der Waals surface area contributed by atoms with Crippen molar-refractivity contribution in [2.75, 3.05) is 66.4 Å². The highest BCUT2D eigenvalue weighted by atomic mass is 16.5. The minimum Gasteiger partial charge on any atom is -0.378 e. The lowest BCUT2D eigenvalue weighted by Crippen LogP contribution is -2.51. The van der Waals surface area contributed by atoms with E-state index in [0.717, 1.165) is 80.4 Å². The molecule has 0 saturated carbocycles. The van der Waals surface area contributed by atoms with E-state index in [-0.39, 0.29) is 30.9 Å². The van der Waals surface area contributed by atoms with E-state index in [9.17, 15) is 9.59 Å². The number of nitrogens with one attached hydrogen (secondary N) is 4. The van der Waals surface area contributed by atoms with Gasteiger partial charge in [-0.2, -0.15) is 4.57 Å². The summed E-state index contributed by atoms with van der Waals surface area (Å²) < 4.78 is 24.8. The van der Waals surface area contributed by atoms with Crippen LogP contribution in [0.25, 0.3) is 67.1 Å². The van der Waals surface area contributed by atoms with Crippen molar-refractivity contribution < 1.29 is 32.7 Å². The van der Waals surface area contributed by atoms with Gasteiger partial charge >= 0.3 is 0 Å². The molecule has 0 aliphatic carbocycles. The van der Waals surface area contributed by atoms with Crippen LogP contribution in [0, 0.1) is 0 Å². The number of anilines is 4. The summed E-state index contributed by atoms with van der Waals surface area (Å²) in [6.07, 6.45) is 10.7. The van der Waals surface area contributed by atoms with Gasteiger partial charge in [-0.25, -0.2) is 15.0 Å². The molecular formula is C53H46N13O6+. The number of carbonyl (C=O) groups is 2. The molecule has 19 nitrogen and oxygen atoms in total. The van der Waals surface area contributed by atoms with Crippen LogP contribution in [0.5, 0.6) is 0 Å². The van der Waals surface area contributed by atoms with Crippen molar-refractivity contribution in [3.8, 4) is 45.2 Å². The zero-order valence-electron chi connectivity index (χ0n) is 38.7. The predicted molar refractivity (Wildman–Crippen MR) is 268 cm³/mol. The number of imidazole rings is 1.